The Morgan fingerprint density at radius 2 is 2.16 bits per heavy atom. The van der Waals surface area contributed by atoms with Gasteiger partial charge in [0, 0.05) is 0 Å². The number of ether oxygens (including phenoxy) is 2. The summed E-state index contributed by atoms with van der Waals surface area (Å²) in [6, 6.07) is 3.81. The van der Waals surface area contributed by atoms with E-state index >= 15 is 0 Å². The monoisotopic (exact) mass is 327 g/mol. The van der Waals surface area contributed by atoms with E-state index in [-0.39, 0.29) is 0 Å². The molecule has 0 bridgehead atoms. The van der Waals surface area contributed by atoms with Gasteiger partial charge in [0.1, 0.15) is 21.8 Å². The Morgan fingerprint density at radius 3 is 2.74 bits per heavy atom. The highest BCUT2D eigenvalue weighted by Crippen LogP contribution is 2.28. The average Bonchev–Trinajstić information content (AvgIpc) is 2.37. The first kappa shape index (κ1) is 16.0. The zero-order chi connectivity index (χ0) is 14.3. The molecule has 3 nitrogen and oxygen atoms in total. The van der Waals surface area contributed by atoms with Crippen molar-refractivity contribution in [3.8, 4) is 5.75 Å². The van der Waals surface area contributed by atoms with E-state index in [0.717, 1.165) is 34.6 Å². The summed E-state index contributed by atoms with van der Waals surface area (Å²) in [6.07, 6.45) is 4.19. The number of halogens is 1. The Labute approximate surface area is 124 Å². The predicted molar refractivity (Wildman–Crippen MR) is 82.2 cm³/mol. The average molecular weight is 328 g/mol. The Morgan fingerprint density at radius 1 is 1.42 bits per heavy atom. The number of unbranched alkanes of at least 4 members (excludes halogenated alkanes) is 1. The number of nitrogens with zero attached hydrogens (tertiary/aromatic N) is 1. The molecule has 1 rings (SSSR count). The van der Waals surface area contributed by atoms with Crippen LogP contribution in [0.1, 0.15) is 39.3 Å². The Bertz CT molecular complexity index is 430. The lowest BCUT2D eigenvalue weighted by molar-refractivity contribution is 0.301. The number of methoxy groups -OCH3 is 1. The van der Waals surface area contributed by atoms with Gasteiger partial charge in [0.05, 0.1) is 13.7 Å². The van der Waals surface area contributed by atoms with Crippen LogP contribution in [0.15, 0.2) is 22.8 Å². The summed E-state index contributed by atoms with van der Waals surface area (Å²) in [7, 11) is 1.66. The Kier molecular flexibility index (Phi) is 6.92. The molecule has 0 N–H and O–H groups in total. The predicted octanol–water partition coefficient (Wildman–Crippen LogP) is 4.67. The SMILES string of the molecule is CCCCOc1ccc(Br)nc1C(=CC(C)C)OC. The van der Waals surface area contributed by atoms with Crippen LogP contribution in [0.2, 0.25) is 0 Å². The lowest BCUT2D eigenvalue weighted by Gasteiger charge is -2.13. The van der Waals surface area contributed by atoms with Gasteiger partial charge >= 0.3 is 0 Å². The van der Waals surface area contributed by atoms with Gasteiger partial charge in [0.2, 0.25) is 0 Å². The van der Waals surface area contributed by atoms with Gasteiger partial charge < -0.3 is 9.47 Å². The highest BCUT2D eigenvalue weighted by atomic mass is 79.9. The van der Waals surface area contributed by atoms with Gasteiger partial charge in [-0.05, 0) is 46.5 Å². The smallest absolute Gasteiger partial charge is 0.148 e. The summed E-state index contributed by atoms with van der Waals surface area (Å²) >= 11 is 3.39. The van der Waals surface area contributed by atoms with Crippen molar-refractivity contribution in [3.63, 3.8) is 0 Å². The van der Waals surface area contributed by atoms with E-state index in [1.165, 1.54) is 0 Å². The van der Waals surface area contributed by atoms with Crippen molar-refractivity contribution in [1.82, 2.24) is 4.98 Å². The maximum absolute atomic E-state index is 5.79. The highest BCUT2D eigenvalue weighted by Gasteiger charge is 2.13. The van der Waals surface area contributed by atoms with Crippen LogP contribution < -0.4 is 4.74 Å². The number of allylic oxidation sites excluding steroid dienone is 1. The minimum Gasteiger partial charge on any atom is -0.495 e. The van der Waals surface area contributed by atoms with Gasteiger partial charge in [-0.1, -0.05) is 27.2 Å². The van der Waals surface area contributed by atoms with Crippen LogP contribution in [0.25, 0.3) is 5.76 Å². The minimum atomic E-state index is 0.388. The standard InChI is InChI=1S/C15H22BrNO2/c1-5-6-9-19-12-7-8-14(16)17-15(12)13(18-4)10-11(2)3/h7-8,10-11H,5-6,9H2,1-4H3. The molecule has 1 heterocycles. The van der Waals surface area contributed by atoms with Crippen molar-refractivity contribution in [1.29, 1.82) is 0 Å². The summed E-state index contributed by atoms with van der Waals surface area (Å²) in [6.45, 7) is 7.05. The van der Waals surface area contributed by atoms with E-state index < -0.39 is 0 Å². The fourth-order valence-corrected chi connectivity index (χ4v) is 1.90. The number of hydrogen-bond donors (Lipinski definition) is 0. The second-order valence-electron chi connectivity index (χ2n) is 4.66. The molecule has 0 fully saturated rings. The first-order valence-electron chi connectivity index (χ1n) is 6.64. The zero-order valence-electron chi connectivity index (χ0n) is 12.1. The summed E-state index contributed by atoms with van der Waals surface area (Å²) < 4.78 is 12.0. The molecule has 1 aromatic heterocycles. The Hall–Kier alpha value is -1.03. The normalized spacial score (nSPS) is 11.8. The van der Waals surface area contributed by atoms with Gasteiger partial charge in [-0.3, -0.25) is 0 Å². The summed E-state index contributed by atoms with van der Waals surface area (Å²) in [4.78, 5) is 4.47. The van der Waals surface area contributed by atoms with Crippen LogP contribution in [0.5, 0.6) is 5.75 Å². The maximum atomic E-state index is 5.79. The van der Waals surface area contributed by atoms with Crippen molar-refractivity contribution >= 4 is 21.7 Å². The molecule has 0 saturated carbocycles. The topological polar surface area (TPSA) is 31.4 Å². The molecule has 19 heavy (non-hydrogen) atoms. The third-order valence-electron chi connectivity index (χ3n) is 2.52. The third-order valence-corrected chi connectivity index (χ3v) is 2.96. The van der Waals surface area contributed by atoms with Gasteiger partial charge in [-0.2, -0.15) is 0 Å². The van der Waals surface area contributed by atoms with Crippen molar-refractivity contribution < 1.29 is 9.47 Å². The number of hydrogen-bond acceptors (Lipinski definition) is 3. The third kappa shape index (κ3) is 5.23. The molecule has 0 radical (unpaired) electrons. The van der Waals surface area contributed by atoms with Crippen LogP contribution in [0, 0.1) is 5.92 Å². The van der Waals surface area contributed by atoms with Crippen molar-refractivity contribution in [3.05, 3.63) is 28.5 Å². The molecule has 0 saturated heterocycles. The summed E-state index contributed by atoms with van der Waals surface area (Å²) in [5, 5.41) is 0. The fraction of sp³-hybridized carbons (Fsp3) is 0.533. The fourth-order valence-electron chi connectivity index (χ4n) is 1.59. The molecule has 4 heteroatoms. The van der Waals surface area contributed by atoms with E-state index in [0.29, 0.717) is 12.5 Å². The van der Waals surface area contributed by atoms with Crippen molar-refractivity contribution in [2.75, 3.05) is 13.7 Å². The highest BCUT2D eigenvalue weighted by molar-refractivity contribution is 9.10. The van der Waals surface area contributed by atoms with Gasteiger partial charge in [-0.15, -0.1) is 0 Å². The molecular formula is C15H22BrNO2. The maximum Gasteiger partial charge on any atom is 0.148 e. The molecule has 0 aliphatic rings. The van der Waals surface area contributed by atoms with E-state index in [1.54, 1.807) is 7.11 Å². The van der Waals surface area contributed by atoms with E-state index in [1.807, 2.05) is 18.2 Å². The lowest BCUT2D eigenvalue weighted by Crippen LogP contribution is -2.03. The molecule has 0 atom stereocenters. The number of rotatable bonds is 7. The molecule has 106 valence electrons. The molecule has 0 amide bonds. The quantitative estimate of drug-likeness (QED) is 0.414. The number of pyridine rings is 1. The van der Waals surface area contributed by atoms with Crippen molar-refractivity contribution in [2.24, 2.45) is 5.92 Å². The first-order chi connectivity index (χ1) is 9.08. The van der Waals surface area contributed by atoms with E-state index in [4.69, 9.17) is 9.47 Å². The van der Waals surface area contributed by atoms with Gasteiger partial charge in [0.25, 0.3) is 0 Å². The molecule has 0 spiro atoms. The first-order valence-corrected chi connectivity index (χ1v) is 7.43. The van der Waals surface area contributed by atoms with Crippen LogP contribution in [0.3, 0.4) is 0 Å². The van der Waals surface area contributed by atoms with Gasteiger partial charge in [0.15, 0.2) is 0 Å². The van der Waals surface area contributed by atoms with Gasteiger partial charge in [-0.25, -0.2) is 4.98 Å². The molecule has 1 aromatic rings. The number of aromatic nitrogens is 1. The largest absolute Gasteiger partial charge is 0.495 e. The van der Waals surface area contributed by atoms with E-state index in [2.05, 4.69) is 41.7 Å². The van der Waals surface area contributed by atoms with Crippen LogP contribution in [-0.4, -0.2) is 18.7 Å². The Balaban J connectivity index is 3.04. The lowest BCUT2D eigenvalue weighted by atomic mass is 10.1. The molecule has 0 unspecified atom stereocenters. The second kappa shape index (κ2) is 8.20. The summed E-state index contributed by atoms with van der Waals surface area (Å²) in [5.74, 6) is 1.91. The zero-order valence-corrected chi connectivity index (χ0v) is 13.7. The van der Waals surface area contributed by atoms with Crippen molar-refractivity contribution in [2.45, 2.75) is 33.6 Å². The summed E-state index contributed by atoms with van der Waals surface area (Å²) in [5.41, 5.74) is 0.752. The molecule has 0 aromatic carbocycles. The van der Waals surface area contributed by atoms with E-state index in [9.17, 15) is 0 Å². The van der Waals surface area contributed by atoms with Crippen LogP contribution >= 0.6 is 15.9 Å². The van der Waals surface area contributed by atoms with Crippen LogP contribution in [0.4, 0.5) is 0 Å². The second-order valence-corrected chi connectivity index (χ2v) is 5.47. The molecular weight excluding hydrogens is 306 g/mol. The molecule has 0 aliphatic carbocycles. The molecule has 0 aliphatic heterocycles. The van der Waals surface area contributed by atoms with Crippen LogP contribution in [-0.2, 0) is 4.74 Å². The minimum absolute atomic E-state index is 0.388.